The first-order valence-corrected chi connectivity index (χ1v) is 7.54. The summed E-state index contributed by atoms with van der Waals surface area (Å²) in [6, 6.07) is 0. The van der Waals surface area contributed by atoms with Gasteiger partial charge in [-0.15, -0.1) is 0 Å². The first-order valence-electron chi connectivity index (χ1n) is 7.54. The molecule has 1 aliphatic rings. The van der Waals surface area contributed by atoms with Crippen molar-refractivity contribution in [2.45, 2.75) is 64.8 Å². The molecule has 2 N–H and O–H groups in total. The molecule has 0 atom stereocenters. The Morgan fingerprint density at radius 1 is 1.11 bits per heavy atom. The van der Waals surface area contributed by atoms with Crippen molar-refractivity contribution in [1.29, 1.82) is 0 Å². The van der Waals surface area contributed by atoms with Crippen molar-refractivity contribution in [2.75, 3.05) is 17.2 Å². The molecular formula is C15H26N4. The van der Waals surface area contributed by atoms with Crippen LogP contribution in [0.2, 0.25) is 0 Å². The molecule has 1 aromatic rings. The van der Waals surface area contributed by atoms with E-state index < -0.39 is 0 Å². The fourth-order valence-corrected chi connectivity index (χ4v) is 2.92. The van der Waals surface area contributed by atoms with E-state index >= 15 is 0 Å². The summed E-state index contributed by atoms with van der Waals surface area (Å²) < 4.78 is 0. The first-order chi connectivity index (χ1) is 9.18. The molecule has 1 aromatic heterocycles. The first kappa shape index (κ1) is 14.1. The number of rotatable bonds is 5. The molecule has 4 heteroatoms. The van der Waals surface area contributed by atoms with Crippen LogP contribution in [0.15, 0.2) is 6.33 Å². The lowest BCUT2D eigenvalue weighted by atomic mass is 9.83. The van der Waals surface area contributed by atoms with E-state index in [4.69, 9.17) is 0 Å². The van der Waals surface area contributed by atoms with Gasteiger partial charge in [-0.05, 0) is 33.1 Å². The van der Waals surface area contributed by atoms with Gasteiger partial charge in [0.2, 0.25) is 0 Å². The topological polar surface area (TPSA) is 49.8 Å². The van der Waals surface area contributed by atoms with Gasteiger partial charge in [0.05, 0.1) is 0 Å². The van der Waals surface area contributed by atoms with Crippen LogP contribution in [-0.4, -0.2) is 22.1 Å². The van der Waals surface area contributed by atoms with E-state index in [1.54, 1.807) is 6.33 Å². The van der Waals surface area contributed by atoms with Crippen molar-refractivity contribution in [3.8, 4) is 0 Å². The summed E-state index contributed by atoms with van der Waals surface area (Å²) >= 11 is 0. The average molecular weight is 262 g/mol. The fraction of sp³-hybridized carbons (Fsp3) is 0.733. The highest BCUT2D eigenvalue weighted by atomic mass is 15.1. The molecule has 0 unspecified atom stereocenters. The number of anilines is 2. The van der Waals surface area contributed by atoms with Gasteiger partial charge < -0.3 is 10.6 Å². The predicted octanol–water partition coefficient (Wildman–Crippen LogP) is 3.61. The smallest absolute Gasteiger partial charge is 0.135 e. The Morgan fingerprint density at radius 3 is 2.42 bits per heavy atom. The van der Waals surface area contributed by atoms with Crippen LogP contribution in [0.3, 0.4) is 0 Å². The molecule has 1 heterocycles. The molecule has 0 spiro atoms. The van der Waals surface area contributed by atoms with Crippen LogP contribution in [0.5, 0.6) is 0 Å². The largest absolute Gasteiger partial charge is 0.370 e. The van der Waals surface area contributed by atoms with E-state index in [0.29, 0.717) is 0 Å². The second kappa shape index (κ2) is 6.22. The van der Waals surface area contributed by atoms with Gasteiger partial charge in [-0.3, -0.25) is 0 Å². The highest BCUT2D eigenvalue weighted by Gasteiger charge is 2.27. The maximum atomic E-state index is 4.47. The van der Waals surface area contributed by atoms with E-state index in [1.807, 2.05) is 0 Å². The van der Waals surface area contributed by atoms with Gasteiger partial charge in [-0.2, -0.15) is 0 Å². The Labute approximate surface area is 116 Å². The minimum absolute atomic E-state index is 0.194. The molecule has 1 aliphatic carbocycles. The molecule has 106 valence electrons. The van der Waals surface area contributed by atoms with Crippen molar-refractivity contribution in [2.24, 2.45) is 0 Å². The predicted molar refractivity (Wildman–Crippen MR) is 80.7 cm³/mol. The number of nitrogens with zero attached hydrogens (tertiary/aromatic N) is 2. The third kappa shape index (κ3) is 3.37. The Balaban J connectivity index is 2.21. The number of aromatic nitrogens is 2. The lowest BCUT2D eigenvalue weighted by Gasteiger charge is -2.35. The van der Waals surface area contributed by atoms with Crippen LogP contribution in [0.25, 0.3) is 0 Å². The molecule has 19 heavy (non-hydrogen) atoms. The minimum atomic E-state index is 0.194. The number of hydrogen-bond donors (Lipinski definition) is 2. The molecule has 0 bridgehead atoms. The van der Waals surface area contributed by atoms with Crippen LogP contribution in [-0.2, 0) is 6.42 Å². The SMILES string of the molecule is CCNc1ncnc(NC2(C)CCCCC2)c1CC. The summed E-state index contributed by atoms with van der Waals surface area (Å²) in [5.41, 5.74) is 1.40. The number of hydrogen-bond acceptors (Lipinski definition) is 4. The van der Waals surface area contributed by atoms with Gasteiger partial charge in [-0.1, -0.05) is 26.2 Å². The zero-order chi connectivity index (χ0) is 13.7. The zero-order valence-electron chi connectivity index (χ0n) is 12.4. The lowest BCUT2D eigenvalue weighted by Crippen LogP contribution is -2.37. The molecule has 0 aromatic carbocycles. The highest BCUT2D eigenvalue weighted by Crippen LogP contribution is 2.32. The fourth-order valence-electron chi connectivity index (χ4n) is 2.92. The number of nitrogens with one attached hydrogen (secondary N) is 2. The maximum Gasteiger partial charge on any atom is 0.135 e. The summed E-state index contributed by atoms with van der Waals surface area (Å²) in [6.07, 6.45) is 9.07. The second-order valence-electron chi connectivity index (χ2n) is 5.68. The summed E-state index contributed by atoms with van der Waals surface area (Å²) in [6.45, 7) is 7.46. The van der Waals surface area contributed by atoms with Crippen molar-refractivity contribution < 1.29 is 0 Å². The molecule has 0 saturated heterocycles. The summed E-state index contributed by atoms with van der Waals surface area (Å²) in [5.74, 6) is 1.99. The molecule has 4 nitrogen and oxygen atoms in total. The second-order valence-corrected chi connectivity index (χ2v) is 5.68. The average Bonchev–Trinajstić information content (AvgIpc) is 2.40. The molecule has 0 aliphatic heterocycles. The van der Waals surface area contributed by atoms with E-state index in [1.165, 1.54) is 37.7 Å². The van der Waals surface area contributed by atoms with Crippen molar-refractivity contribution in [3.63, 3.8) is 0 Å². The van der Waals surface area contributed by atoms with E-state index in [2.05, 4.69) is 41.4 Å². The van der Waals surface area contributed by atoms with Gasteiger partial charge in [-0.25, -0.2) is 9.97 Å². The van der Waals surface area contributed by atoms with Gasteiger partial charge in [0.1, 0.15) is 18.0 Å². The van der Waals surface area contributed by atoms with Gasteiger partial charge >= 0.3 is 0 Å². The van der Waals surface area contributed by atoms with Crippen molar-refractivity contribution in [3.05, 3.63) is 11.9 Å². The summed E-state index contributed by atoms with van der Waals surface area (Å²) in [4.78, 5) is 8.82. The van der Waals surface area contributed by atoms with Crippen LogP contribution in [0, 0.1) is 0 Å². The van der Waals surface area contributed by atoms with Crippen LogP contribution >= 0.6 is 0 Å². The Hall–Kier alpha value is -1.32. The van der Waals surface area contributed by atoms with Crippen LogP contribution in [0.1, 0.15) is 58.4 Å². The third-order valence-electron chi connectivity index (χ3n) is 4.02. The van der Waals surface area contributed by atoms with Gasteiger partial charge in [0.15, 0.2) is 0 Å². The Bertz CT molecular complexity index is 411. The van der Waals surface area contributed by atoms with E-state index in [-0.39, 0.29) is 5.54 Å². The molecule has 0 amide bonds. The van der Waals surface area contributed by atoms with Crippen molar-refractivity contribution in [1.82, 2.24) is 9.97 Å². The Morgan fingerprint density at radius 2 is 1.79 bits per heavy atom. The molecular weight excluding hydrogens is 236 g/mol. The molecule has 2 rings (SSSR count). The third-order valence-corrected chi connectivity index (χ3v) is 4.02. The summed E-state index contributed by atoms with van der Waals surface area (Å²) in [7, 11) is 0. The van der Waals surface area contributed by atoms with Crippen LogP contribution in [0.4, 0.5) is 11.6 Å². The van der Waals surface area contributed by atoms with Gasteiger partial charge in [0.25, 0.3) is 0 Å². The molecule has 1 saturated carbocycles. The quantitative estimate of drug-likeness (QED) is 0.851. The normalized spacial score (nSPS) is 18.1. The van der Waals surface area contributed by atoms with E-state index in [9.17, 15) is 0 Å². The van der Waals surface area contributed by atoms with Crippen LogP contribution < -0.4 is 10.6 Å². The molecule has 1 fully saturated rings. The standard InChI is InChI=1S/C15H26N4/c1-4-12-13(16-5-2)17-11-18-14(12)19-15(3)9-7-6-8-10-15/h11H,4-10H2,1-3H3,(H2,16,17,18,19). The van der Waals surface area contributed by atoms with E-state index in [0.717, 1.165) is 24.6 Å². The Kier molecular flexibility index (Phi) is 4.61. The monoisotopic (exact) mass is 262 g/mol. The maximum absolute atomic E-state index is 4.47. The lowest BCUT2D eigenvalue weighted by molar-refractivity contribution is 0.348. The van der Waals surface area contributed by atoms with Gasteiger partial charge in [0, 0.05) is 17.6 Å². The van der Waals surface area contributed by atoms with Crippen molar-refractivity contribution >= 4 is 11.6 Å². The minimum Gasteiger partial charge on any atom is -0.370 e. The summed E-state index contributed by atoms with van der Waals surface area (Å²) in [5, 5.41) is 7.01. The highest BCUT2D eigenvalue weighted by molar-refractivity contribution is 5.58. The molecule has 0 radical (unpaired) electrons. The zero-order valence-corrected chi connectivity index (χ0v) is 12.4.